The van der Waals surface area contributed by atoms with Crippen LogP contribution in [-0.2, 0) is 0 Å². The SMILES string of the molecule is N#C[C@@H](c1c(Cl)cccc1N1CCCCC1)N1CCCCC1. The largest absolute Gasteiger partial charge is 0.371 e. The lowest BCUT2D eigenvalue weighted by atomic mass is 9.99. The van der Waals surface area contributed by atoms with E-state index in [1.54, 1.807) is 0 Å². The van der Waals surface area contributed by atoms with Crippen molar-refractivity contribution in [3.05, 3.63) is 28.8 Å². The minimum atomic E-state index is -0.217. The zero-order valence-corrected chi connectivity index (χ0v) is 13.9. The highest BCUT2D eigenvalue weighted by Gasteiger charge is 2.28. The first-order valence-electron chi connectivity index (χ1n) is 8.48. The van der Waals surface area contributed by atoms with Gasteiger partial charge in [-0.3, -0.25) is 4.90 Å². The standard InChI is InChI=1S/C18H24ClN3/c19-15-8-7-9-16(21-10-3-1-4-11-21)18(15)17(14-20)22-12-5-2-6-13-22/h7-9,17H,1-6,10-13H2/t17-/m0/s1. The first-order chi connectivity index (χ1) is 10.8. The molecule has 0 N–H and O–H groups in total. The van der Waals surface area contributed by atoms with Gasteiger partial charge in [0.25, 0.3) is 0 Å². The quantitative estimate of drug-likeness (QED) is 0.828. The van der Waals surface area contributed by atoms with E-state index < -0.39 is 0 Å². The molecular formula is C18H24ClN3. The number of halogens is 1. The van der Waals surface area contributed by atoms with Crippen LogP contribution in [0.1, 0.15) is 50.1 Å². The number of benzene rings is 1. The Bertz CT molecular complexity index is 540. The molecule has 2 saturated heterocycles. The molecule has 0 bridgehead atoms. The van der Waals surface area contributed by atoms with E-state index in [0.29, 0.717) is 0 Å². The van der Waals surface area contributed by atoms with Crippen LogP contribution in [0.25, 0.3) is 0 Å². The fourth-order valence-corrected chi connectivity index (χ4v) is 3.99. The van der Waals surface area contributed by atoms with Gasteiger partial charge in [-0.1, -0.05) is 24.1 Å². The smallest absolute Gasteiger partial charge is 0.127 e. The van der Waals surface area contributed by atoms with Gasteiger partial charge in [0, 0.05) is 29.4 Å². The fourth-order valence-electron chi connectivity index (χ4n) is 3.71. The second-order valence-electron chi connectivity index (χ2n) is 6.35. The lowest BCUT2D eigenvalue weighted by Gasteiger charge is -2.36. The van der Waals surface area contributed by atoms with Crippen molar-refractivity contribution in [3.63, 3.8) is 0 Å². The molecule has 3 rings (SSSR count). The summed E-state index contributed by atoms with van der Waals surface area (Å²) in [5.41, 5.74) is 2.19. The molecule has 0 aromatic heterocycles. The molecule has 118 valence electrons. The van der Waals surface area contributed by atoms with Gasteiger partial charge in [-0.05, 0) is 57.3 Å². The molecule has 0 saturated carbocycles. The molecule has 3 nitrogen and oxygen atoms in total. The summed E-state index contributed by atoms with van der Waals surface area (Å²) >= 11 is 6.54. The average Bonchev–Trinajstić information content (AvgIpc) is 2.59. The van der Waals surface area contributed by atoms with Crippen LogP contribution >= 0.6 is 11.6 Å². The highest BCUT2D eigenvalue weighted by atomic mass is 35.5. The second-order valence-corrected chi connectivity index (χ2v) is 6.76. The molecule has 1 aromatic carbocycles. The van der Waals surface area contributed by atoms with Crippen LogP contribution in [0.3, 0.4) is 0 Å². The van der Waals surface area contributed by atoms with E-state index in [1.807, 2.05) is 12.1 Å². The summed E-state index contributed by atoms with van der Waals surface area (Å²) in [6, 6.07) is 8.39. The maximum absolute atomic E-state index is 9.81. The molecule has 0 unspecified atom stereocenters. The van der Waals surface area contributed by atoms with Gasteiger partial charge in [0.1, 0.15) is 6.04 Å². The maximum Gasteiger partial charge on any atom is 0.127 e. The van der Waals surface area contributed by atoms with Gasteiger partial charge in [-0.2, -0.15) is 5.26 Å². The van der Waals surface area contributed by atoms with Gasteiger partial charge in [-0.25, -0.2) is 0 Å². The highest BCUT2D eigenvalue weighted by molar-refractivity contribution is 6.31. The van der Waals surface area contributed by atoms with Crippen molar-refractivity contribution >= 4 is 17.3 Å². The average molecular weight is 318 g/mol. The number of anilines is 1. The van der Waals surface area contributed by atoms with Crippen LogP contribution in [0.5, 0.6) is 0 Å². The Hall–Kier alpha value is -1.24. The zero-order valence-electron chi connectivity index (χ0n) is 13.1. The summed E-state index contributed by atoms with van der Waals surface area (Å²) in [6.45, 7) is 4.16. The van der Waals surface area contributed by atoms with E-state index in [1.165, 1.54) is 44.2 Å². The second kappa shape index (κ2) is 7.35. The van der Waals surface area contributed by atoms with E-state index in [9.17, 15) is 5.26 Å². The zero-order chi connectivity index (χ0) is 15.4. The van der Waals surface area contributed by atoms with Gasteiger partial charge in [-0.15, -0.1) is 0 Å². The number of piperidine rings is 2. The van der Waals surface area contributed by atoms with E-state index in [4.69, 9.17) is 11.6 Å². The van der Waals surface area contributed by atoms with Crippen LogP contribution in [0, 0.1) is 11.3 Å². The maximum atomic E-state index is 9.81. The molecule has 0 spiro atoms. The van der Waals surface area contributed by atoms with Crippen LogP contribution in [0.4, 0.5) is 5.69 Å². The topological polar surface area (TPSA) is 30.3 Å². The van der Waals surface area contributed by atoms with Crippen LogP contribution < -0.4 is 4.90 Å². The molecule has 2 aliphatic rings. The van der Waals surface area contributed by atoms with E-state index in [-0.39, 0.29) is 6.04 Å². The molecule has 2 aliphatic heterocycles. The molecule has 2 heterocycles. The Morgan fingerprint density at radius 3 is 2.23 bits per heavy atom. The van der Waals surface area contributed by atoms with Crippen molar-refractivity contribution in [2.45, 2.75) is 44.6 Å². The van der Waals surface area contributed by atoms with Crippen molar-refractivity contribution in [1.29, 1.82) is 5.26 Å². The van der Waals surface area contributed by atoms with Crippen LogP contribution in [-0.4, -0.2) is 31.1 Å². The Morgan fingerprint density at radius 2 is 1.59 bits per heavy atom. The number of rotatable bonds is 3. The molecule has 2 fully saturated rings. The minimum absolute atomic E-state index is 0.217. The summed E-state index contributed by atoms with van der Waals surface area (Å²) in [4.78, 5) is 4.72. The fraction of sp³-hybridized carbons (Fsp3) is 0.611. The molecule has 4 heteroatoms. The summed E-state index contributed by atoms with van der Waals surface area (Å²) < 4.78 is 0. The van der Waals surface area contributed by atoms with Crippen LogP contribution in [0.2, 0.25) is 5.02 Å². The monoisotopic (exact) mass is 317 g/mol. The summed E-state index contributed by atoms with van der Waals surface area (Å²) in [6.07, 6.45) is 7.40. The van der Waals surface area contributed by atoms with Crippen molar-refractivity contribution in [3.8, 4) is 6.07 Å². The first kappa shape index (κ1) is 15.6. The van der Waals surface area contributed by atoms with Crippen molar-refractivity contribution < 1.29 is 0 Å². The Balaban J connectivity index is 1.94. The molecule has 0 radical (unpaired) electrons. The summed E-state index contributed by atoms with van der Waals surface area (Å²) in [5, 5.41) is 10.5. The van der Waals surface area contributed by atoms with Gasteiger partial charge < -0.3 is 4.90 Å². The predicted molar refractivity (Wildman–Crippen MR) is 91.3 cm³/mol. The molecular weight excluding hydrogens is 294 g/mol. The molecule has 1 aromatic rings. The number of likely N-dealkylation sites (tertiary alicyclic amines) is 1. The van der Waals surface area contributed by atoms with Crippen molar-refractivity contribution in [2.24, 2.45) is 0 Å². The number of nitrogens with zero attached hydrogens (tertiary/aromatic N) is 3. The molecule has 0 aliphatic carbocycles. The van der Waals surface area contributed by atoms with Gasteiger partial charge in [0.05, 0.1) is 6.07 Å². The third-order valence-electron chi connectivity index (χ3n) is 4.88. The van der Waals surface area contributed by atoms with Gasteiger partial charge >= 0.3 is 0 Å². The Kier molecular flexibility index (Phi) is 5.23. The summed E-state index contributed by atoms with van der Waals surface area (Å²) in [7, 11) is 0. The highest BCUT2D eigenvalue weighted by Crippen LogP contribution is 2.37. The van der Waals surface area contributed by atoms with Crippen molar-refractivity contribution in [2.75, 3.05) is 31.1 Å². The normalized spacial score (nSPS) is 21.4. The van der Waals surface area contributed by atoms with E-state index in [2.05, 4.69) is 21.9 Å². The Morgan fingerprint density at radius 1 is 0.955 bits per heavy atom. The molecule has 1 atom stereocenters. The van der Waals surface area contributed by atoms with Gasteiger partial charge in [0.15, 0.2) is 0 Å². The number of nitriles is 1. The van der Waals surface area contributed by atoms with Crippen molar-refractivity contribution in [1.82, 2.24) is 4.90 Å². The van der Waals surface area contributed by atoms with Gasteiger partial charge in [0.2, 0.25) is 0 Å². The minimum Gasteiger partial charge on any atom is -0.371 e. The predicted octanol–water partition coefficient (Wildman–Crippen LogP) is 4.38. The van der Waals surface area contributed by atoms with E-state index >= 15 is 0 Å². The number of hydrogen-bond donors (Lipinski definition) is 0. The lowest BCUT2D eigenvalue weighted by molar-refractivity contribution is 0.196. The van der Waals surface area contributed by atoms with E-state index in [0.717, 1.165) is 36.8 Å². The lowest BCUT2D eigenvalue weighted by Crippen LogP contribution is -2.35. The molecule has 22 heavy (non-hydrogen) atoms. The Labute approximate surface area is 138 Å². The molecule has 0 amide bonds. The third-order valence-corrected chi connectivity index (χ3v) is 5.21. The first-order valence-corrected chi connectivity index (χ1v) is 8.86. The summed E-state index contributed by atoms with van der Waals surface area (Å²) in [5.74, 6) is 0. The third kappa shape index (κ3) is 3.24. The number of hydrogen-bond acceptors (Lipinski definition) is 3. The van der Waals surface area contributed by atoms with Crippen LogP contribution in [0.15, 0.2) is 18.2 Å².